The van der Waals surface area contributed by atoms with Crippen molar-refractivity contribution < 1.29 is 13.2 Å². The molecule has 0 amide bonds. The molecule has 0 saturated carbocycles. The first-order chi connectivity index (χ1) is 13.8. The van der Waals surface area contributed by atoms with Gasteiger partial charge in [0.1, 0.15) is 5.52 Å². The fraction of sp³-hybridized carbons (Fsp3) is 0.150. The monoisotopic (exact) mass is 416 g/mol. The van der Waals surface area contributed by atoms with Gasteiger partial charge in [-0.1, -0.05) is 59.8 Å². The van der Waals surface area contributed by atoms with Crippen molar-refractivity contribution in [2.45, 2.75) is 24.0 Å². The van der Waals surface area contributed by atoms with Gasteiger partial charge in [0.15, 0.2) is 0 Å². The van der Waals surface area contributed by atoms with Gasteiger partial charge in [0.25, 0.3) is 5.56 Å². The van der Waals surface area contributed by atoms with Gasteiger partial charge < -0.3 is 0 Å². The van der Waals surface area contributed by atoms with Gasteiger partial charge in [-0.15, -0.1) is 5.10 Å². The Morgan fingerprint density at radius 2 is 1.86 bits per heavy atom. The summed E-state index contributed by atoms with van der Waals surface area (Å²) in [5.41, 5.74) is 2.31. The van der Waals surface area contributed by atoms with Crippen molar-refractivity contribution in [3.63, 3.8) is 0 Å². The maximum Gasteiger partial charge on any atom is 0.416 e. The number of hydrogen-bond acceptors (Lipinski definition) is 4. The van der Waals surface area contributed by atoms with Crippen LogP contribution in [-0.2, 0) is 11.9 Å². The smallest absolute Gasteiger partial charge is 0.266 e. The second-order valence-electron chi connectivity index (χ2n) is 6.51. The van der Waals surface area contributed by atoms with Gasteiger partial charge in [-0.3, -0.25) is 4.79 Å². The predicted octanol–water partition coefficient (Wildman–Crippen LogP) is 4.70. The molecule has 29 heavy (non-hydrogen) atoms. The van der Waals surface area contributed by atoms with Crippen molar-refractivity contribution in [1.82, 2.24) is 19.8 Å². The summed E-state index contributed by atoms with van der Waals surface area (Å²) in [5, 5.41) is 11.3. The first-order valence-corrected chi connectivity index (χ1v) is 9.64. The lowest BCUT2D eigenvalue weighted by atomic mass is 10.1. The number of hydrogen-bond donors (Lipinski definition) is 1. The van der Waals surface area contributed by atoms with Crippen molar-refractivity contribution in [2.24, 2.45) is 0 Å². The zero-order valence-electron chi connectivity index (χ0n) is 15.2. The minimum Gasteiger partial charge on any atom is -0.266 e. The van der Waals surface area contributed by atoms with Crippen LogP contribution in [0.15, 0.2) is 64.5 Å². The van der Waals surface area contributed by atoms with Gasteiger partial charge in [-0.05, 0) is 24.6 Å². The van der Waals surface area contributed by atoms with Crippen LogP contribution in [0, 0.1) is 6.92 Å². The standard InChI is InChI=1S/C20H15F3N4OS/c1-12-5-7-14(8-6-12)16-10-17-18(28)24-25-19(27(17)26-16)29-11-13-3-2-4-15(9-13)20(21,22)23/h2-10H,11H2,1H3,(H,24,28). The summed E-state index contributed by atoms with van der Waals surface area (Å²) in [7, 11) is 0. The van der Waals surface area contributed by atoms with E-state index in [1.54, 1.807) is 12.1 Å². The lowest BCUT2D eigenvalue weighted by Gasteiger charge is -2.08. The van der Waals surface area contributed by atoms with Crippen molar-refractivity contribution in [3.05, 3.63) is 81.6 Å². The Labute approximate surface area is 167 Å². The van der Waals surface area contributed by atoms with Crippen LogP contribution in [0.4, 0.5) is 13.2 Å². The predicted molar refractivity (Wildman–Crippen MR) is 105 cm³/mol. The Hall–Kier alpha value is -3.07. The number of rotatable bonds is 4. The third kappa shape index (κ3) is 4.04. The first-order valence-electron chi connectivity index (χ1n) is 8.66. The van der Waals surface area contributed by atoms with Crippen LogP contribution in [0.1, 0.15) is 16.7 Å². The molecule has 0 spiro atoms. The molecule has 1 N–H and O–H groups in total. The Balaban J connectivity index is 1.65. The summed E-state index contributed by atoms with van der Waals surface area (Å²) in [6, 6.07) is 14.5. The van der Waals surface area contributed by atoms with Crippen LogP contribution >= 0.6 is 11.8 Å². The quantitative estimate of drug-likeness (QED) is 0.490. The molecular formula is C20H15F3N4OS. The number of aromatic amines is 1. The molecule has 0 fully saturated rings. The van der Waals surface area contributed by atoms with Crippen LogP contribution in [0.2, 0.25) is 0 Å². The molecule has 148 valence electrons. The second-order valence-corrected chi connectivity index (χ2v) is 7.46. The molecule has 4 aromatic rings. The summed E-state index contributed by atoms with van der Waals surface area (Å²) in [5.74, 6) is 0.248. The molecule has 2 aromatic heterocycles. The molecule has 0 unspecified atom stereocenters. The summed E-state index contributed by atoms with van der Waals surface area (Å²) in [6.07, 6.45) is -4.39. The maximum atomic E-state index is 12.9. The van der Waals surface area contributed by atoms with Crippen LogP contribution in [0.3, 0.4) is 0 Å². The SMILES string of the molecule is Cc1ccc(-c2cc3c(=O)[nH]nc(SCc4cccc(C(F)(F)F)c4)n3n2)cc1. The summed E-state index contributed by atoms with van der Waals surface area (Å²) in [4.78, 5) is 12.1. The zero-order valence-corrected chi connectivity index (χ0v) is 16.0. The van der Waals surface area contributed by atoms with E-state index in [-0.39, 0.29) is 11.3 Å². The number of thioether (sulfide) groups is 1. The average molecular weight is 416 g/mol. The lowest BCUT2D eigenvalue weighted by molar-refractivity contribution is -0.137. The minimum absolute atomic E-state index is 0.248. The number of fused-ring (bicyclic) bond motifs is 1. The van der Waals surface area contributed by atoms with E-state index < -0.39 is 11.7 Å². The molecular weight excluding hydrogens is 401 g/mol. The van der Waals surface area contributed by atoms with Crippen LogP contribution in [0.5, 0.6) is 0 Å². The second kappa shape index (κ2) is 7.40. The summed E-state index contributed by atoms with van der Waals surface area (Å²) in [6.45, 7) is 1.98. The van der Waals surface area contributed by atoms with Crippen LogP contribution in [0.25, 0.3) is 16.8 Å². The molecule has 0 saturated heterocycles. The number of halogens is 3. The molecule has 5 nitrogen and oxygen atoms in total. The average Bonchev–Trinajstić information content (AvgIpc) is 3.14. The number of H-pyrrole nitrogens is 1. The van der Waals surface area contributed by atoms with Crippen LogP contribution in [-0.4, -0.2) is 19.8 Å². The molecule has 0 aliphatic carbocycles. The topological polar surface area (TPSA) is 63.0 Å². The fourth-order valence-electron chi connectivity index (χ4n) is 2.84. The van der Waals surface area contributed by atoms with Gasteiger partial charge in [-0.25, -0.2) is 9.61 Å². The van der Waals surface area contributed by atoms with E-state index in [1.807, 2.05) is 31.2 Å². The minimum atomic E-state index is -4.39. The van der Waals surface area contributed by atoms with Crippen molar-refractivity contribution in [2.75, 3.05) is 0 Å². The van der Waals surface area contributed by atoms with E-state index in [4.69, 9.17) is 0 Å². The third-order valence-corrected chi connectivity index (χ3v) is 5.35. The molecule has 0 bridgehead atoms. The number of aromatic nitrogens is 4. The van der Waals surface area contributed by atoms with Gasteiger partial charge in [-0.2, -0.15) is 18.3 Å². The molecule has 2 heterocycles. The molecule has 9 heteroatoms. The van der Waals surface area contributed by atoms with Gasteiger partial charge in [0.2, 0.25) is 5.16 Å². The fourth-order valence-corrected chi connectivity index (χ4v) is 3.68. The lowest BCUT2D eigenvalue weighted by Crippen LogP contribution is -2.13. The highest BCUT2D eigenvalue weighted by Crippen LogP contribution is 2.31. The normalized spacial score (nSPS) is 11.9. The van der Waals surface area contributed by atoms with Crippen LogP contribution < -0.4 is 5.56 Å². The number of benzene rings is 2. The number of alkyl halides is 3. The van der Waals surface area contributed by atoms with E-state index in [1.165, 1.54) is 22.3 Å². The van der Waals surface area contributed by atoms with E-state index in [0.717, 1.165) is 23.3 Å². The number of nitrogens with one attached hydrogen (secondary N) is 1. The molecule has 4 rings (SSSR count). The molecule has 0 radical (unpaired) electrons. The maximum absolute atomic E-state index is 12.9. The molecule has 0 aliphatic rings. The van der Waals surface area contributed by atoms with Gasteiger partial charge in [0.05, 0.1) is 11.3 Å². The summed E-state index contributed by atoms with van der Waals surface area (Å²) >= 11 is 1.19. The largest absolute Gasteiger partial charge is 0.416 e. The Morgan fingerprint density at radius 3 is 2.59 bits per heavy atom. The summed E-state index contributed by atoms with van der Waals surface area (Å²) < 4.78 is 40.1. The van der Waals surface area contributed by atoms with E-state index in [2.05, 4.69) is 15.3 Å². The zero-order chi connectivity index (χ0) is 20.6. The van der Waals surface area contributed by atoms with Crippen molar-refractivity contribution in [3.8, 4) is 11.3 Å². The molecule has 2 aromatic carbocycles. The number of nitrogens with zero attached hydrogens (tertiary/aromatic N) is 3. The Bertz CT molecular complexity index is 1230. The van der Waals surface area contributed by atoms with Gasteiger partial charge in [0, 0.05) is 11.3 Å². The van der Waals surface area contributed by atoms with Gasteiger partial charge >= 0.3 is 6.18 Å². The molecule has 0 atom stereocenters. The Morgan fingerprint density at radius 1 is 1.10 bits per heavy atom. The van der Waals surface area contributed by atoms with E-state index in [9.17, 15) is 18.0 Å². The van der Waals surface area contributed by atoms with Crippen molar-refractivity contribution >= 4 is 17.3 Å². The van der Waals surface area contributed by atoms with E-state index >= 15 is 0 Å². The molecule has 0 aliphatic heterocycles. The highest BCUT2D eigenvalue weighted by atomic mass is 32.2. The first kappa shape index (κ1) is 19.3. The third-order valence-electron chi connectivity index (χ3n) is 4.35. The highest BCUT2D eigenvalue weighted by Gasteiger charge is 2.30. The van der Waals surface area contributed by atoms with E-state index in [0.29, 0.717) is 21.9 Å². The highest BCUT2D eigenvalue weighted by molar-refractivity contribution is 7.98. The Kier molecular flexibility index (Phi) is 4.91. The van der Waals surface area contributed by atoms with Crippen molar-refractivity contribution in [1.29, 1.82) is 0 Å². The number of aryl methyl sites for hydroxylation is 1.